The minimum atomic E-state index is -0.530. The smallest absolute Gasteiger partial charge is 0.410 e. The molecule has 0 aromatic carbocycles. The number of nitrogens with one attached hydrogen (secondary N) is 1. The SMILES string of the molecule is CNC(=O)OC1CN(C(=O)O[C@@H]2CC[C@]3(CO3)[C@@H](C(C)(C)OCC=C(C)C)[C@@H]2OC)C1. The number of likely N-dealkylation sites (tertiary alicyclic amines) is 1. The predicted octanol–water partition coefficient (Wildman–Crippen LogP) is 2.49. The molecule has 2 heterocycles. The van der Waals surface area contributed by atoms with Crippen molar-refractivity contribution in [3.8, 4) is 0 Å². The Bertz CT molecular complexity index is 694. The summed E-state index contributed by atoms with van der Waals surface area (Å²) in [6.07, 6.45) is 1.52. The number of carbonyl (C=O) groups is 2. The zero-order valence-corrected chi connectivity index (χ0v) is 19.4. The van der Waals surface area contributed by atoms with E-state index in [4.69, 9.17) is 23.7 Å². The highest BCUT2D eigenvalue weighted by Gasteiger charge is 2.64. The van der Waals surface area contributed by atoms with E-state index in [2.05, 4.69) is 5.32 Å². The van der Waals surface area contributed by atoms with E-state index in [-0.39, 0.29) is 23.7 Å². The van der Waals surface area contributed by atoms with E-state index < -0.39 is 23.9 Å². The lowest BCUT2D eigenvalue weighted by Gasteiger charge is -2.48. The van der Waals surface area contributed by atoms with Crippen LogP contribution in [0, 0.1) is 5.92 Å². The minimum Gasteiger partial charge on any atom is -0.443 e. The van der Waals surface area contributed by atoms with Crippen molar-refractivity contribution >= 4 is 12.2 Å². The normalized spacial score (nSPS) is 30.4. The maximum Gasteiger partial charge on any atom is 0.410 e. The van der Waals surface area contributed by atoms with E-state index in [1.165, 1.54) is 17.5 Å². The highest BCUT2D eigenvalue weighted by molar-refractivity contribution is 5.70. The fourth-order valence-corrected chi connectivity index (χ4v) is 4.67. The Labute approximate surface area is 184 Å². The molecule has 176 valence electrons. The van der Waals surface area contributed by atoms with E-state index in [0.29, 0.717) is 32.7 Å². The van der Waals surface area contributed by atoms with Gasteiger partial charge in [0, 0.05) is 20.1 Å². The van der Waals surface area contributed by atoms with Crippen LogP contribution in [0.2, 0.25) is 0 Å². The molecular formula is C22H36N2O7. The molecular weight excluding hydrogens is 404 g/mol. The minimum absolute atomic E-state index is 0.0807. The van der Waals surface area contributed by atoms with Gasteiger partial charge in [0.2, 0.25) is 0 Å². The van der Waals surface area contributed by atoms with Crippen LogP contribution in [0.15, 0.2) is 11.6 Å². The topological polar surface area (TPSA) is 98.9 Å². The number of nitrogens with zero attached hydrogens (tertiary/aromatic N) is 1. The second-order valence-electron chi connectivity index (χ2n) is 9.37. The van der Waals surface area contributed by atoms with Crippen molar-refractivity contribution in [1.82, 2.24) is 10.2 Å². The summed E-state index contributed by atoms with van der Waals surface area (Å²) in [7, 11) is 3.14. The molecule has 3 rings (SSSR count). The van der Waals surface area contributed by atoms with E-state index in [0.717, 1.165) is 6.42 Å². The summed E-state index contributed by atoms with van der Waals surface area (Å²) >= 11 is 0. The fourth-order valence-electron chi connectivity index (χ4n) is 4.67. The van der Waals surface area contributed by atoms with Gasteiger partial charge in [0.25, 0.3) is 0 Å². The first-order valence-corrected chi connectivity index (χ1v) is 10.9. The van der Waals surface area contributed by atoms with Crippen LogP contribution in [-0.4, -0.2) is 87.1 Å². The predicted molar refractivity (Wildman–Crippen MR) is 113 cm³/mol. The first-order chi connectivity index (χ1) is 14.6. The van der Waals surface area contributed by atoms with Gasteiger partial charge in [-0.2, -0.15) is 0 Å². The van der Waals surface area contributed by atoms with Crippen LogP contribution in [0.25, 0.3) is 0 Å². The summed E-state index contributed by atoms with van der Waals surface area (Å²) < 4.78 is 29.0. The summed E-state index contributed by atoms with van der Waals surface area (Å²) in [6.45, 7) is 9.99. The summed E-state index contributed by atoms with van der Waals surface area (Å²) in [5.74, 6) is -0.0807. The molecule has 0 aromatic heterocycles. The molecule has 1 N–H and O–H groups in total. The number of amides is 2. The third-order valence-electron chi connectivity index (χ3n) is 6.43. The van der Waals surface area contributed by atoms with Crippen molar-refractivity contribution in [2.45, 2.75) is 70.1 Å². The van der Waals surface area contributed by atoms with Crippen LogP contribution in [0.5, 0.6) is 0 Å². The molecule has 0 radical (unpaired) electrons. The molecule has 9 nitrogen and oxygen atoms in total. The average Bonchev–Trinajstić information content (AvgIpc) is 3.44. The van der Waals surface area contributed by atoms with Crippen molar-refractivity contribution in [1.29, 1.82) is 0 Å². The van der Waals surface area contributed by atoms with Crippen LogP contribution in [0.4, 0.5) is 9.59 Å². The van der Waals surface area contributed by atoms with Crippen molar-refractivity contribution < 1.29 is 33.3 Å². The number of hydrogen-bond acceptors (Lipinski definition) is 7. The summed E-state index contributed by atoms with van der Waals surface area (Å²) in [4.78, 5) is 25.5. The van der Waals surface area contributed by atoms with E-state index in [9.17, 15) is 9.59 Å². The van der Waals surface area contributed by atoms with Gasteiger partial charge < -0.3 is 33.9 Å². The Hall–Kier alpha value is -1.84. The molecule has 0 bridgehead atoms. The molecule has 1 saturated carbocycles. The Morgan fingerprint density at radius 1 is 1.26 bits per heavy atom. The Morgan fingerprint density at radius 2 is 1.94 bits per heavy atom. The maximum absolute atomic E-state index is 12.7. The van der Waals surface area contributed by atoms with Gasteiger partial charge in [0.05, 0.1) is 37.5 Å². The van der Waals surface area contributed by atoms with Gasteiger partial charge in [-0.05, 0) is 40.5 Å². The van der Waals surface area contributed by atoms with Crippen LogP contribution < -0.4 is 5.32 Å². The fraction of sp³-hybridized carbons (Fsp3) is 0.818. The zero-order chi connectivity index (χ0) is 22.8. The molecule has 2 aliphatic heterocycles. The van der Waals surface area contributed by atoms with Gasteiger partial charge in [0.15, 0.2) is 0 Å². The number of carbonyl (C=O) groups excluding carboxylic acids is 2. The van der Waals surface area contributed by atoms with Gasteiger partial charge in [0.1, 0.15) is 18.3 Å². The lowest BCUT2D eigenvalue weighted by Crippen LogP contribution is -2.60. The number of alkyl carbamates (subject to hydrolysis) is 1. The quantitative estimate of drug-likeness (QED) is 0.480. The molecule has 1 aliphatic carbocycles. The Morgan fingerprint density at radius 3 is 2.48 bits per heavy atom. The van der Waals surface area contributed by atoms with Gasteiger partial charge in [-0.15, -0.1) is 0 Å². The molecule has 0 unspecified atom stereocenters. The second-order valence-corrected chi connectivity index (χ2v) is 9.37. The van der Waals surface area contributed by atoms with Crippen molar-refractivity contribution in [2.75, 3.05) is 40.5 Å². The van der Waals surface area contributed by atoms with Gasteiger partial charge in [-0.3, -0.25) is 0 Å². The number of rotatable bonds is 7. The third-order valence-corrected chi connectivity index (χ3v) is 6.43. The lowest BCUT2D eigenvalue weighted by atomic mass is 9.68. The average molecular weight is 441 g/mol. The highest BCUT2D eigenvalue weighted by atomic mass is 16.6. The lowest BCUT2D eigenvalue weighted by molar-refractivity contribution is -0.175. The molecule has 3 fully saturated rings. The molecule has 9 heteroatoms. The van der Waals surface area contributed by atoms with Crippen LogP contribution in [-0.2, 0) is 23.7 Å². The number of hydrogen-bond donors (Lipinski definition) is 1. The van der Waals surface area contributed by atoms with E-state index >= 15 is 0 Å². The monoisotopic (exact) mass is 440 g/mol. The molecule has 1 spiro atoms. The Balaban J connectivity index is 1.62. The van der Waals surface area contributed by atoms with Gasteiger partial charge in [-0.25, -0.2) is 9.59 Å². The number of epoxide rings is 1. The molecule has 4 atom stereocenters. The first kappa shape index (κ1) is 23.8. The molecule has 3 aliphatic rings. The summed E-state index contributed by atoms with van der Waals surface area (Å²) in [5, 5.41) is 2.40. The number of methoxy groups -OCH3 is 1. The second kappa shape index (κ2) is 9.34. The molecule has 0 aromatic rings. The van der Waals surface area contributed by atoms with Crippen molar-refractivity contribution in [2.24, 2.45) is 5.92 Å². The number of allylic oxidation sites excluding steroid dienone is 1. The molecule has 2 saturated heterocycles. The Kier molecular flexibility index (Phi) is 7.18. The molecule has 2 amide bonds. The van der Waals surface area contributed by atoms with Crippen molar-refractivity contribution in [3.63, 3.8) is 0 Å². The molecule has 31 heavy (non-hydrogen) atoms. The van der Waals surface area contributed by atoms with Gasteiger partial charge in [-0.1, -0.05) is 11.6 Å². The van der Waals surface area contributed by atoms with Crippen molar-refractivity contribution in [3.05, 3.63) is 11.6 Å². The number of ether oxygens (including phenoxy) is 5. The zero-order valence-electron chi connectivity index (χ0n) is 19.4. The van der Waals surface area contributed by atoms with Crippen LogP contribution >= 0.6 is 0 Å². The van der Waals surface area contributed by atoms with E-state index in [1.54, 1.807) is 7.11 Å². The largest absolute Gasteiger partial charge is 0.443 e. The van der Waals surface area contributed by atoms with E-state index in [1.807, 2.05) is 33.8 Å². The third kappa shape index (κ3) is 5.32. The van der Waals surface area contributed by atoms with Crippen LogP contribution in [0.1, 0.15) is 40.5 Å². The standard InChI is InChI=1S/C22H36N2O7/c1-14(2)8-10-28-21(3,4)18-17(27-6)16(7-9-22(18)13-29-22)31-20(26)24-11-15(12-24)30-19(25)23-5/h8,15-18H,7,9-13H2,1-6H3,(H,23,25)/t16-,17-,18-,22+/m1/s1. The summed E-state index contributed by atoms with van der Waals surface area (Å²) in [6, 6.07) is 0. The first-order valence-electron chi connectivity index (χ1n) is 10.9. The highest BCUT2D eigenvalue weighted by Crippen LogP contribution is 2.52. The summed E-state index contributed by atoms with van der Waals surface area (Å²) in [5.41, 5.74) is 0.374. The van der Waals surface area contributed by atoms with Crippen LogP contribution in [0.3, 0.4) is 0 Å². The van der Waals surface area contributed by atoms with Gasteiger partial charge >= 0.3 is 12.2 Å². The maximum atomic E-state index is 12.7.